The average Bonchev–Trinajstić information content (AvgIpc) is 2.10. The summed E-state index contributed by atoms with van der Waals surface area (Å²) in [6.45, 7) is 0. The molecule has 0 saturated heterocycles. The van der Waals surface area contributed by atoms with E-state index in [-0.39, 0.29) is 0 Å². The second-order valence-corrected chi connectivity index (χ2v) is 4.85. The molecule has 15 heavy (non-hydrogen) atoms. The van der Waals surface area contributed by atoms with Crippen molar-refractivity contribution in [3.05, 3.63) is 0 Å². The number of sulfonamides is 1. The molecule has 0 amide bonds. The molecule has 0 fully saturated rings. The normalized spacial score (nSPS) is 18.9. The van der Waals surface area contributed by atoms with Crippen LogP contribution >= 0.6 is 0 Å². The lowest BCUT2D eigenvalue weighted by atomic mass is 10.1. The minimum atomic E-state index is -3.78. The molecule has 0 rings (SSSR count). The second-order valence-electron chi connectivity index (χ2n) is 3.12. The Labute approximate surface area is 86.6 Å². The van der Waals surface area contributed by atoms with E-state index >= 15 is 0 Å². The van der Waals surface area contributed by atoms with E-state index in [2.05, 4.69) is 5.14 Å². The zero-order valence-electron chi connectivity index (χ0n) is 7.76. The van der Waals surface area contributed by atoms with Gasteiger partial charge in [0.25, 0.3) is 0 Å². The van der Waals surface area contributed by atoms with Gasteiger partial charge in [0.2, 0.25) is 10.0 Å². The molecule has 0 aromatic carbocycles. The highest BCUT2D eigenvalue weighted by Gasteiger charge is 2.29. The van der Waals surface area contributed by atoms with E-state index in [4.69, 9.17) is 25.5 Å². The maximum atomic E-state index is 10.5. The first-order chi connectivity index (χ1) is 6.65. The Morgan fingerprint density at radius 2 is 1.47 bits per heavy atom. The molecule has 3 atom stereocenters. The zero-order chi connectivity index (χ0) is 12.2. The van der Waals surface area contributed by atoms with Crippen molar-refractivity contribution in [2.75, 3.05) is 5.75 Å². The van der Waals surface area contributed by atoms with Crippen LogP contribution in [0.25, 0.3) is 0 Å². The number of hydrogen-bond donors (Lipinski definition) is 6. The molecular weight excluding hydrogens is 230 g/mol. The minimum absolute atomic E-state index is 0.413. The van der Waals surface area contributed by atoms with Crippen LogP contribution in [0, 0.1) is 0 Å². The van der Waals surface area contributed by atoms with Crippen molar-refractivity contribution < 1.29 is 34.0 Å². The Balaban J connectivity index is 4.16. The quantitative estimate of drug-likeness (QED) is 0.260. The molecule has 9 heteroatoms. The fourth-order valence-corrected chi connectivity index (χ4v) is 1.43. The predicted octanol–water partition coefficient (Wildman–Crippen LogP) is -3.94. The summed E-state index contributed by atoms with van der Waals surface area (Å²) in [5, 5.41) is 48.7. The summed E-state index contributed by atoms with van der Waals surface area (Å²) >= 11 is 0. The molecule has 0 aromatic heterocycles. The van der Waals surface area contributed by atoms with Gasteiger partial charge in [0.1, 0.15) is 12.2 Å². The van der Waals surface area contributed by atoms with Gasteiger partial charge < -0.3 is 25.5 Å². The molecule has 8 nitrogen and oxygen atoms in total. The Morgan fingerprint density at radius 3 is 1.80 bits per heavy atom. The summed E-state index contributed by atoms with van der Waals surface area (Å²) in [4.78, 5) is 0. The maximum Gasteiger partial charge on any atom is 0.209 e. The molecule has 0 radical (unpaired) electrons. The largest absolute Gasteiger partial charge is 0.390 e. The van der Waals surface area contributed by atoms with Gasteiger partial charge in [0.05, 0.1) is 11.9 Å². The van der Waals surface area contributed by atoms with Crippen LogP contribution in [0.3, 0.4) is 0 Å². The van der Waals surface area contributed by atoms with Crippen LogP contribution in [0.2, 0.25) is 0 Å². The third-order valence-corrected chi connectivity index (χ3v) is 2.55. The lowest BCUT2D eigenvalue weighted by Gasteiger charge is -2.23. The highest BCUT2D eigenvalue weighted by molar-refractivity contribution is 7.89. The SMILES string of the molecule is NS(=O)(=O)CCC(O)C(O)C(O)C(O)O. The summed E-state index contributed by atoms with van der Waals surface area (Å²) in [6, 6.07) is 0. The first-order valence-corrected chi connectivity index (χ1v) is 5.77. The zero-order valence-corrected chi connectivity index (χ0v) is 8.58. The van der Waals surface area contributed by atoms with E-state index in [1.807, 2.05) is 0 Å². The fraction of sp³-hybridized carbons (Fsp3) is 1.00. The predicted molar refractivity (Wildman–Crippen MR) is 48.8 cm³/mol. The van der Waals surface area contributed by atoms with E-state index in [0.29, 0.717) is 0 Å². The maximum absolute atomic E-state index is 10.5. The smallest absolute Gasteiger partial charge is 0.209 e. The second kappa shape index (κ2) is 5.70. The average molecular weight is 245 g/mol. The van der Waals surface area contributed by atoms with Gasteiger partial charge in [-0.15, -0.1) is 0 Å². The van der Waals surface area contributed by atoms with Gasteiger partial charge in [-0.1, -0.05) is 0 Å². The molecule has 0 spiro atoms. The standard InChI is InChI=1S/C6H15NO7S/c7-15(13,14)2-1-3(8)4(9)5(10)6(11)12/h3-6,8-12H,1-2H2,(H2,7,13,14). The minimum Gasteiger partial charge on any atom is -0.390 e. The lowest BCUT2D eigenvalue weighted by Crippen LogP contribution is -2.45. The highest BCUT2D eigenvalue weighted by atomic mass is 32.2. The molecule has 0 aliphatic rings. The first kappa shape index (κ1) is 14.7. The molecule has 0 aliphatic heterocycles. The van der Waals surface area contributed by atoms with Crippen molar-refractivity contribution in [3.63, 3.8) is 0 Å². The van der Waals surface area contributed by atoms with E-state index in [1.165, 1.54) is 0 Å². The molecule has 0 bridgehead atoms. The number of aliphatic hydroxyl groups is 5. The van der Waals surface area contributed by atoms with Crippen LogP contribution in [0.15, 0.2) is 0 Å². The third kappa shape index (κ3) is 5.99. The molecular formula is C6H15NO7S. The van der Waals surface area contributed by atoms with E-state index in [9.17, 15) is 8.42 Å². The summed E-state index contributed by atoms with van der Waals surface area (Å²) in [7, 11) is -3.78. The Hall–Kier alpha value is -0.290. The van der Waals surface area contributed by atoms with Gasteiger partial charge in [-0.05, 0) is 6.42 Å². The van der Waals surface area contributed by atoms with Crippen molar-refractivity contribution in [3.8, 4) is 0 Å². The summed E-state index contributed by atoms with van der Waals surface area (Å²) in [6.07, 6.45) is -8.07. The van der Waals surface area contributed by atoms with Crippen molar-refractivity contribution in [2.45, 2.75) is 31.0 Å². The van der Waals surface area contributed by atoms with Crippen LogP contribution in [-0.4, -0.2) is 64.3 Å². The number of aliphatic hydroxyl groups excluding tert-OH is 4. The summed E-state index contributed by atoms with van der Waals surface area (Å²) < 4.78 is 21.0. The van der Waals surface area contributed by atoms with Crippen molar-refractivity contribution in [2.24, 2.45) is 5.14 Å². The Bertz CT molecular complexity index is 277. The number of nitrogens with two attached hydrogens (primary N) is 1. The van der Waals surface area contributed by atoms with Crippen molar-refractivity contribution in [1.82, 2.24) is 0 Å². The van der Waals surface area contributed by atoms with Crippen LogP contribution in [0.1, 0.15) is 6.42 Å². The van der Waals surface area contributed by atoms with Gasteiger partial charge in [0.15, 0.2) is 6.29 Å². The van der Waals surface area contributed by atoms with E-state index < -0.39 is 46.8 Å². The highest BCUT2D eigenvalue weighted by Crippen LogP contribution is 2.07. The van der Waals surface area contributed by atoms with Crippen LogP contribution in [0.4, 0.5) is 0 Å². The molecule has 0 saturated carbocycles. The van der Waals surface area contributed by atoms with Gasteiger partial charge in [-0.25, -0.2) is 13.6 Å². The van der Waals surface area contributed by atoms with E-state index in [1.54, 1.807) is 0 Å². The molecule has 0 heterocycles. The van der Waals surface area contributed by atoms with Crippen molar-refractivity contribution >= 4 is 10.0 Å². The fourth-order valence-electron chi connectivity index (χ4n) is 0.860. The van der Waals surface area contributed by atoms with Gasteiger partial charge in [0, 0.05) is 0 Å². The van der Waals surface area contributed by atoms with Gasteiger partial charge >= 0.3 is 0 Å². The summed E-state index contributed by atoms with van der Waals surface area (Å²) in [5.41, 5.74) is 0. The summed E-state index contributed by atoms with van der Waals surface area (Å²) in [5.74, 6) is -0.584. The van der Waals surface area contributed by atoms with Crippen LogP contribution in [-0.2, 0) is 10.0 Å². The van der Waals surface area contributed by atoms with Gasteiger partial charge in [-0.3, -0.25) is 0 Å². The Morgan fingerprint density at radius 1 is 1.00 bits per heavy atom. The van der Waals surface area contributed by atoms with Crippen LogP contribution < -0.4 is 5.14 Å². The third-order valence-electron chi connectivity index (χ3n) is 1.75. The van der Waals surface area contributed by atoms with Crippen LogP contribution in [0.5, 0.6) is 0 Å². The van der Waals surface area contributed by atoms with Gasteiger partial charge in [-0.2, -0.15) is 0 Å². The number of hydrogen-bond acceptors (Lipinski definition) is 7. The lowest BCUT2D eigenvalue weighted by molar-refractivity contribution is -0.176. The monoisotopic (exact) mass is 245 g/mol. The molecule has 0 aliphatic carbocycles. The van der Waals surface area contributed by atoms with E-state index in [0.717, 1.165) is 0 Å². The molecule has 7 N–H and O–H groups in total. The Kier molecular flexibility index (Phi) is 5.59. The molecule has 92 valence electrons. The molecule has 0 aromatic rings. The number of rotatable bonds is 6. The first-order valence-electron chi connectivity index (χ1n) is 4.06. The number of primary sulfonamides is 1. The molecule has 3 unspecified atom stereocenters. The van der Waals surface area contributed by atoms with Crippen molar-refractivity contribution in [1.29, 1.82) is 0 Å². The topological polar surface area (TPSA) is 161 Å².